The molecule has 6 heteroatoms. The van der Waals surface area contributed by atoms with Gasteiger partial charge in [-0.2, -0.15) is 0 Å². The number of hydrogen-bond donors (Lipinski definition) is 1. The zero-order chi connectivity index (χ0) is 22.3. The van der Waals surface area contributed by atoms with Crippen LogP contribution < -0.4 is 10.1 Å². The molecule has 2 aliphatic rings. The lowest BCUT2D eigenvalue weighted by atomic mass is 9.87. The van der Waals surface area contributed by atoms with Crippen LogP contribution in [0, 0.1) is 5.92 Å². The maximum Gasteiger partial charge on any atom is 0.246 e. The van der Waals surface area contributed by atoms with Crippen molar-refractivity contribution in [3.8, 4) is 5.75 Å². The van der Waals surface area contributed by atoms with Crippen LogP contribution in [0.5, 0.6) is 5.75 Å². The smallest absolute Gasteiger partial charge is 0.246 e. The third-order valence-electron chi connectivity index (χ3n) is 6.75. The fourth-order valence-corrected chi connectivity index (χ4v) is 5.22. The molecule has 0 saturated carbocycles. The molecule has 2 heterocycles. The first-order chi connectivity index (χ1) is 15.7. The Bertz CT molecular complexity index is 903. The van der Waals surface area contributed by atoms with Gasteiger partial charge >= 0.3 is 0 Å². The Morgan fingerprint density at radius 2 is 2.00 bits per heavy atom. The second kappa shape index (κ2) is 10.9. The molecule has 1 N–H and O–H groups in total. The quantitative estimate of drug-likeness (QED) is 0.683. The van der Waals surface area contributed by atoms with Gasteiger partial charge in [0.2, 0.25) is 5.91 Å². The van der Waals surface area contributed by atoms with Crippen molar-refractivity contribution in [2.45, 2.75) is 51.1 Å². The van der Waals surface area contributed by atoms with Crippen molar-refractivity contribution in [1.29, 1.82) is 0 Å². The first kappa shape index (κ1) is 22.7. The van der Waals surface area contributed by atoms with Crippen LogP contribution in [0.1, 0.15) is 54.1 Å². The van der Waals surface area contributed by atoms with Crippen molar-refractivity contribution in [3.63, 3.8) is 0 Å². The monoisotopic (exact) mass is 437 g/mol. The minimum Gasteiger partial charge on any atom is -0.496 e. The first-order valence-electron chi connectivity index (χ1n) is 11.8. The van der Waals surface area contributed by atoms with Gasteiger partial charge in [-0.15, -0.1) is 0 Å². The number of methoxy groups -OCH3 is 2. The SMILES string of the molecule is COCC(=O)N[C@H](c1ccccn1)[C@@H]1CCCN(Cc2cc3c(cc2OC)CCCC3)C1. The maximum atomic E-state index is 12.4. The summed E-state index contributed by atoms with van der Waals surface area (Å²) in [6, 6.07) is 10.4. The number of piperidine rings is 1. The molecular weight excluding hydrogens is 402 g/mol. The van der Waals surface area contributed by atoms with Crippen LogP contribution in [0.4, 0.5) is 0 Å². The fourth-order valence-electron chi connectivity index (χ4n) is 5.22. The number of hydrogen-bond acceptors (Lipinski definition) is 5. The summed E-state index contributed by atoms with van der Waals surface area (Å²) in [5.74, 6) is 1.20. The highest BCUT2D eigenvalue weighted by molar-refractivity contribution is 5.77. The molecule has 0 bridgehead atoms. The Morgan fingerprint density at radius 3 is 2.72 bits per heavy atom. The van der Waals surface area contributed by atoms with Crippen molar-refractivity contribution < 1.29 is 14.3 Å². The number of rotatable bonds is 8. The number of aryl methyl sites for hydroxylation is 2. The van der Waals surface area contributed by atoms with Crippen LogP contribution >= 0.6 is 0 Å². The zero-order valence-corrected chi connectivity index (χ0v) is 19.3. The Hall–Kier alpha value is -2.44. The lowest BCUT2D eigenvalue weighted by Crippen LogP contribution is -2.43. The molecule has 0 spiro atoms. The molecule has 1 aliphatic carbocycles. The highest BCUT2D eigenvalue weighted by atomic mass is 16.5. The minimum atomic E-state index is -0.118. The number of carbonyl (C=O) groups excluding carboxylic acids is 1. The number of pyridine rings is 1. The van der Waals surface area contributed by atoms with Gasteiger partial charge in [0.05, 0.1) is 18.8 Å². The van der Waals surface area contributed by atoms with E-state index in [0.29, 0.717) is 5.92 Å². The lowest BCUT2D eigenvalue weighted by Gasteiger charge is -2.37. The van der Waals surface area contributed by atoms with E-state index < -0.39 is 0 Å². The van der Waals surface area contributed by atoms with Gasteiger partial charge in [0.25, 0.3) is 0 Å². The first-order valence-corrected chi connectivity index (χ1v) is 11.8. The lowest BCUT2D eigenvalue weighted by molar-refractivity contribution is -0.126. The van der Waals surface area contributed by atoms with Crippen molar-refractivity contribution in [2.75, 3.05) is 33.9 Å². The van der Waals surface area contributed by atoms with Crippen LogP contribution in [0.25, 0.3) is 0 Å². The molecule has 1 aromatic carbocycles. The second-order valence-electron chi connectivity index (χ2n) is 9.01. The molecule has 32 heavy (non-hydrogen) atoms. The standard InChI is InChI=1S/C26H35N3O3/c1-31-18-25(30)28-26(23-11-5-6-12-27-23)21-10-7-13-29(16-21)17-22-14-19-8-3-4-9-20(19)15-24(22)32-2/h5-6,11-12,14-15,21,26H,3-4,7-10,13,16-18H2,1-2H3,(H,28,30)/t21-,26+/m1/s1. The summed E-state index contributed by atoms with van der Waals surface area (Å²) in [4.78, 5) is 19.4. The largest absolute Gasteiger partial charge is 0.496 e. The van der Waals surface area contributed by atoms with Crippen LogP contribution in [-0.2, 0) is 28.9 Å². The number of fused-ring (bicyclic) bond motifs is 1. The van der Waals surface area contributed by atoms with Gasteiger partial charge < -0.3 is 14.8 Å². The minimum absolute atomic E-state index is 0.0616. The third-order valence-corrected chi connectivity index (χ3v) is 6.75. The van der Waals surface area contributed by atoms with Crippen molar-refractivity contribution in [3.05, 3.63) is 58.9 Å². The molecule has 6 nitrogen and oxygen atoms in total. The summed E-state index contributed by atoms with van der Waals surface area (Å²) in [6.07, 6.45) is 8.83. The number of aromatic nitrogens is 1. The number of nitrogens with zero attached hydrogens (tertiary/aromatic N) is 2. The summed E-state index contributed by atoms with van der Waals surface area (Å²) in [5, 5.41) is 3.17. The molecule has 172 valence electrons. The number of likely N-dealkylation sites (tertiary alicyclic amines) is 1. The predicted molar refractivity (Wildman–Crippen MR) is 125 cm³/mol. The molecule has 1 aliphatic heterocycles. The van der Waals surface area contributed by atoms with E-state index >= 15 is 0 Å². The van der Waals surface area contributed by atoms with Gasteiger partial charge in [0, 0.05) is 32.0 Å². The Balaban J connectivity index is 1.51. The maximum absolute atomic E-state index is 12.4. The Morgan fingerprint density at radius 1 is 1.19 bits per heavy atom. The summed E-state index contributed by atoms with van der Waals surface area (Å²) < 4.78 is 10.8. The van der Waals surface area contributed by atoms with Crippen molar-refractivity contribution in [1.82, 2.24) is 15.2 Å². The Labute approximate surface area is 191 Å². The van der Waals surface area contributed by atoms with E-state index in [9.17, 15) is 4.79 Å². The number of ether oxygens (including phenoxy) is 2. The van der Waals surface area contributed by atoms with E-state index in [2.05, 4.69) is 27.3 Å². The average molecular weight is 438 g/mol. The van der Waals surface area contributed by atoms with Gasteiger partial charge in [0.1, 0.15) is 12.4 Å². The number of amides is 1. The van der Waals surface area contributed by atoms with E-state index in [1.807, 2.05) is 18.2 Å². The molecule has 0 unspecified atom stereocenters. The summed E-state index contributed by atoms with van der Waals surface area (Å²) in [6.45, 7) is 2.90. The molecule has 2 aromatic rings. The molecule has 4 rings (SSSR count). The van der Waals surface area contributed by atoms with Crippen molar-refractivity contribution in [2.24, 2.45) is 5.92 Å². The van der Waals surface area contributed by atoms with Gasteiger partial charge in [-0.3, -0.25) is 14.7 Å². The summed E-state index contributed by atoms with van der Waals surface area (Å²) in [5.41, 5.74) is 5.12. The van der Waals surface area contributed by atoms with Crippen LogP contribution in [0.15, 0.2) is 36.5 Å². The predicted octanol–water partition coefficient (Wildman–Crippen LogP) is 3.68. The molecule has 2 atom stereocenters. The highest BCUT2D eigenvalue weighted by Crippen LogP contribution is 2.33. The second-order valence-corrected chi connectivity index (χ2v) is 9.01. The zero-order valence-electron chi connectivity index (χ0n) is 19.3. The highest BCUT2D eigenvalue weighted by Gasteiger charge is 2.31. The van der Waals surface area contributed by atoms with Gasteiger partial charge in [-0.05, 0) is 80.3 Å². The van der Waals surface area contributed by atoms with E-state index in [4.69, 9.17) is 9.47 Å². The topological polar surface area (TPSA) is 63.7 Å². The number of benzene rings is 1. The number of nitrogens with one attached hydrogen (secondary N) is 1. The average Bonchev–Trinajstić information content (AvgIpc) is 2.83. The van der Waals surface area contributed by atoms with Gasteiger partial charge in [-0.1, -0.05) is 12.1 Å². The summed E-state index contributed by atoms with van der Waals surface area (Å²) in [7, 11) is 3.32. The van der Waals surface area contributed by atoms with Crippen molar-refractivity contribution >= 4 is 5.91 Å². The van der Waals surface area contributed by atoms with Crippen LogP contribution in [0.3, 0.4) is 0 Å². The van der Waals surface area contributed by atoms with E-state index in [-0.39, 0.29) is 18.6 Å². The number of carbonyl (C=O) groups is 1. The molecule has 1 saturated heterocycles. The van der Waals surface area contributed by atoms with Gasteiger partial charge in [0.15, 0.2) is 0 Å². The van der Waals surface area contributed by atoms with E-state index in [1.165, 1.54) is 36.0 Å². The fraction of sp³-hybridized carbons (Fsp3) is 0.538. The molecular formula is C26H35N3O3. The van der Waals surface area contributed by atoms with E-state index in [0.717, 1.165) is 50.3 Å². The van der Waals surface area contributed by atoms with Crippen LogP contribution in [0.2, 0.25) is 0 Å². The molecule has 1 aromatic heterocycles. The summed E-state index contributed by atoms with van der Waals surface area (Å²) >= 11 is 0. The third kappa shape index (κ3) is 5.48. The molecule has 1 fully saturated rings. The van der Waals surface area contributed by atoms with Gasteiger partial charge in [-0.25, -0.2) is 0 Å². The van der Waals surface area contributed by atoms with E-state index in [1.54, 1.807) is 20.4 Å². The van der Waals surface area contributed by atoms with Crippen LogP contribution in [-0.4, -0.2) is 49.7 Å². The Kier molecular flexibility index (Phi) is 7.76. The molecule has 1 amide bonds. The normalized spacial score (nSPS) is 19.8. The molecule has 0 radical (unpaired) electrons.